The van der Waals surface area contributed by atoms with Crippen molar-refractivity contribution >= 4 is 18.3 Å². The van der Waals surface area contributed by atoms with Crippen LogP contribution in [-0.2, 0) is 11.2 Å². The average Bonchev–Trinajstić information content (AvgIpc) is 3.37. The third kappa shape index (κ3) is 5.72. The molecule has 25 heavy (non-hydrogen) atoms. The van der Waals surface area contributed by atoms with Crippen LogP contribution in [0, 0.1) is 17.8 Å². The second-order valence-electron chi connectivity index (χ2n) is 8.24. The summed E-state index contributed by atoms with van der Waals surface area (Å²) in [6.07, 6.45) is 5.51. The molecule has 0 radical (unpaired) electrons. The first-order valence-corrected chi connectivity index (χ1v) is 9.65. The molecule has 3 nitrogen and oxygen atoms in total. The van der Waals surface area contributed by atoms with Crippen LogP contribution in [0.5, 0.6) is 0 Å². The minimum atomic E-state index is 0. The summed E-state index contributed by atoms with van der Waals surface area (Å²) in [5, 5.41) is 6.81. The Morgan fingerprint density at radius 3 is 2.44 bits per heavy atom. The smallest absolute Gasteiger partial charge is 0.223 e. The van der Waals surface area contributed by atoms with Crippen LogP contribution in [-0.4, -0.2) is 18.5 Å². The van der Waals surface area contributed by atoms with Crippen LogP contribution in [0.2, 0.25) is 0 Å². The Bertz CT molecular complexity index is 554. The van der Waals surface area contributed by atoms with Crippen molar-refractivity contribution in [2.45, 2.75) is 65.0 Å². The number of benzene rings is 1. The maximum atomic E-state index is 12.7. The molecule has 2 aliphatic rings. The van der Waals surface area contributed by atoms with Gasteiger partial charge in [-0.15, -0.1) is 12.4 Å². The van der Waals surface area contributed by atoms with Crippen LogP contribution in [0.3, 0.4) is 0 Å². The number of carbonyl (C=O) groups excluding carboxylic acids is 1. The number of nitrogens with one attached hydrogen (secondary N) is 2. The van der Waals surface area contributed by atoms with Crippen molar-refractivity contribution in [1.29, 1.82) is 0 Å². The molecule has 1 aromatic rings. The number of carbonyl (C=O) groups is 1. The zero-order valence-corrected chi connectivity index (χ0v) is 16.6. The van der Waals surface area contributed by atoms with E-state index in [1.165, 1.54) is 24.0 Å². The summed E-state index contributed by atoms with van der Waals surface area (Å²) < 4.78 is 0. The fourth-order valence-corrected chi connectivity index (χ4v) is 3.88. The van der Waals surface area contributed by atoms with Crippen molar-refractivity contribution in [3.63, 3.8) is 0 Å². The van der Waals surface area contributed by atoms with Gasteiger partial charge < -0.3 is 10.6 Å². The van der Waals surface area contributed by atoms with Crippen molar-refractivity contribution in [3.05, 3.63) is 35.4 Å². The maximum Gasteiger partial charge on any atom is 0.223 e. The molecule has 4 heteroatoms. The molecule has 1 unspecified atom stereocenters. The molecule has 2 fully saturated rings. The lowest BCUT2D eigenvalue weighted by Crippen LogP contribution is -2.43. The van der Waals surface area contributed by atoms with Crippen LogP contribution in [0.15, 0.2) is 24.3 Å². The minimum Gasteiger partial charge on any atom is -0.349 e. The number of halogens is 1. The second-order valence-corrected chi connectivity index (χ2v) is 8.24. The first kappa shape index (κ1) is 20.3. The Kier molecular flexibility index (Phi) is 7.33. The normalized spacial score (nSPS) is 24.5. The van der Waals surface area contributed by atoms with Gasteiger partial charge in [-0.2, -0.15) is 0 Å². The Hall–Kier alpha value is -1.06. The van der Waals surface area contributed by atoms with Crippen molar-refractivity contribution in [2.24, 2.45) is 17.8 Å². The molecule has 1 saturated heterocycles. The molecule has 3 atom stereocenters. The SMILES string of the molecule is CC(C)Cc1ccc(C(NC(=O)[C@H]2CCN[C@@H](C)C2)C2CC2)cc1.Cl. The molecule has 2 N–H and O–H groups in total. The lowest BCUT2D eigenvalue weighted by molar-refractivity contribution is -0.127. The first-order valence-electron chi connectivity index (χ1n) is 9.65. The summed E-state index contributed by atoms with van der Waals surface area (Å²) in [5.74, 6) is 1.73. The van der Waals surface area contributed by atoms with Gasteiger partial charge in [0.15, 0.2) is 0 Å². The summed E-state index contributed by atoms with van der Waals surface area (Å²) in [5.41, 5.74) is 2.67. The Labute approximate surface area is 158 Å². The maximum absolute atomic E-state index is 12.7. The highest BCUT2D eigenvalue weighted by Crippen LogP contribution is 2.41. The van der Waals surface area contributed by atoms with E-state index in [0.29, 0.717) is 17.9 Å². The highest BCUT2D eigenvalue weighted by atomic mass is 35.5. The van der Waals surface area contributed by atoms with E-state index in [4.69, 9.17) is 0 Å². The number of hydrogen-bond acceptors (Lipinski definition) is 2. The van der Waals surface area contributed by atoms with Crippen LogP contribution in [0.4, 0.5) is 0 Å². The topological polar surface area (TPSA) is 41.1 Å². The largest absolute Gasteiger partial charge is 0.349 e. The minimum absolute atomic E-state index is 0. The number of hydrogen-bond donors (Lipinski definition) is 2. The third-order valence-electron chi connectivity index (χ3n) is 5.37. The van der Waals surface area contributed by atoms with Crippen LogP contribution >= 0.6 is 12.4 Å². The van der Waals surface area contributed by atoms with E-state index in [-0.39, 0.29) is 30.3 Å². The van der Waals surface area contributed by atoms with Gasteiger partial charge in [-0.25, -0.2) is 0 Å². The van der Waals surface area contributed by atoms with Gasteiger partial charge in [-0.3, -0.25) is 4.79 Å². The highest BCUT2D eigenvalue weighted by Gasteiger charge is 2.35. The molecule has 1 amide bonds. The molecule has 140 valence electrons. The predicted octanol–water partition coefficient (Wildman–Crippen LogP) is 4.26. The monoisotopic (exact) mass is 364 g/mol. The lowest BCUT2D eigenvalue weighted by Gasteiger charge is -2.29. The van der Waals surface area contributed by atoms with E-state index < -0.39 is 0 Å². The fourth-order valence-electron chi connectivity index (χ4n) is 3.88. The molecule has 3 rings (SSSR count). The van der Waals surface area contributed by atoms with Crippen molar-refractivity contribution in [1.82, 2.24) is 10.6 Å². The molecule has 0 aromatic heterocycles. The molecular weight excluding hydrogens is 332 g/mol. The quantitative estimate of drug-likeness (QED) is 0.791. The summed E-state index contributed by atoms with van der Waals surface area (Å²) in [4.78, 5) is 12.7. The number of piperidine rings is 1. The summed E-state index contributed by atoms with van der Waals surface area (Å²) >= 11 is 0. The Balaban J connectivity index is 0.00000225. The zero-order chi connectivity index (χ0) is 17.1. The molecule has 1 aromatic carbocycles. The molecule has 1 saturated carbocycles. The number of amides is 1. The van der Waals surface area contributed by atoms with Crippen molar-refractivity contribution < 1.29 is 4.79 Å². The van der Waals surface area contributed by atoms with Crippen LogP contribution < -0.4 is 10.6 Å². The standard InChI is InChI=1S/C21H32N2O.ClH/c1-14(2)12-16-4-6-17(7-5-16)20(18-8-9-18)23-21(24)19-10-11-22-15(3)13-19;/h4-7,14-15,18-20,22H,8-13H2,1-3H3,(H,23,24);1H/t15-,19-,20?;/m0./s1. The van der Waals surface area contributed by atoms with E-state index >= 15 is 0 Å². The van der Waals surface area contributed by atoms with Crippen LogP contribution in [0.1, 0.15) is 63.6 Å². The molecule has 1 aliphatic carbocycles. The van der Waals surface area contributed by atoms with Gasteiger partial charge in [-0.1, -0.05) is 38.1 Å². The number of rotatable bonds is 6. The van der Waals surface area contributed by atoms with Gasteiger partial charge in [0.05, 0.1) is 6.04 Å². The van der Waals surface area contributed by atoms with Gasteiger partial charge in [0.1, 0.15) is 0 Å². The molecule has 1 aliphatic heterocycles. The average molecular weight is 365 g/mol. The first-order chi connectivity index (χ1) is 11.5. The molecule has 1 heterocycles. The molecule has 0 bridgehead atoms. The second kappa shape index (κ2) is 9.05. The summed E-state index contributed by atoms with van der Waals surface area (Å²) in [6, 6.07) is 9.59. The zero-order valence-electron chi connectivity index (χ0n) is 15.8. The van der Waals surface area contributed by atoms with Crippen molar-refractivity contribution in [2.75, 3.05) is 6.54 Å². The van der Waals surface area contributed by atoms with Gasteiger partial charge in [0, 0.05) is 12.0 Å². The molecular formula is C21H33ClN2O. The van der Waals surface area contributed by atoms with E-state index in [9.17, 15) is 4.79 Å². The van der Waals surface area contributed by atoms with E-state index in [1.807, 2.05) is 0 Å². The van der Waals surface area contributed by atoms with Gasteiger partial charge in [0.25, 0.3) is 0 Å². The molecule has 0 spiro atoms. The van der Waals surface area contributed by atoms with Gasteiger partial charge in [-0.05, 0) is 68.5 Å². The summed E-state index contributed by atoms with van der Waals surface area (Å²) in [7, 11) is 0. The van der Waals surface area contributed by atoms with Gasteiger partial charge in [0.2, 0.25) is 5.91 Å². The third-order valence-corrected chi connectivity index (χ3v) is 5.37. The van der Waals surface area contributed by atoms with E-state index in [1.54, 1.807) is 0 Å². The Morgan fingerprint density at radius 1 is 1.20 bits per heavy atom. The van der Waals surface area contributed by atoms with Crippen molar-refractivity contribution in [3.8, 4) is 0 Å². The highest BCUT2D eigenvalue weighted by molar-refractivity contribution is 5.85. The Morgan fingerprint density at radius 2 is 1.88 bits per heavy atom. The van der Waals surface area contributed by atoms with E-state index in [2.05, 4.69) is 55.7 Å². The predicted molar refractivity (Wildman–Crippen MR) is 106 cm³/mol. The summed E-state index contributed by atoms with van der Waals surface area (Å²) in [6.45, 7) is 7.63. The fraction of sp³-hybridized carbons (Fsp3) is 0.667. The lowest BCUT2D eigenvalue weighted by atomic mass is 9.91. The van der Waals surface area contributed by atoms with E-state index in [0.717, 1.165) is 25.8 Å². The van der Waals surface area contributed by atoms with Crippen LogP contribution in [0.25, 0.3) is 0 Å². The van der Waals surface area contributed by atoms with Gasteiger partial charge >= 0.3 is 0 Å².